The molecule has 0 radical (unpaired) electrons. The summed E-state index contributed by atoms with van der Waals surface area (Å²) < 4.78 is 372. The number of hydrogen-bond donors (Lipinski definition) is 1. The van der Waals surface area contributed by atoms with Crippen LogP contribution in [0.5, 0.6) is 0 Å². The van der Waals surface area contributed by atoms with Crippen molar-refractivity contribution in [3.8, 4) is 0 Å². The number of unbranched alkanes of at least 4 members (excludes halogenated alkanes) is 8. The molecule has 0 spiro atoms. The van der Waals surface area contributed by atoms with Crippen molar-refractivity contribution in [2.75, 3.05) is 0 Å². The molecule has 1 N–H and O–H groups in total. The number of carbonyl (C=O) groups is 1. The maximum Gasteiger partial charge on any atom is 0.460 e. The zero-order chi connectivity index (χ0) is 45.4. The van der Waals surface area contributed by atoms with Crippen molar-refractivity contribution in [3.05, 3.63) is 0 Å². The molecule has 0 aromatic carbocycles. The molecule has 0 aromatic rings. The third kappa shape index (κ3) is 8.24. The van der Waals surface area contributed by atoms with E-state index >= 15 is 0 Å². The molecule has 0 heterocycles. The summed E-state index contributed by atoms with van der Waals surface area (Å²) in [6, 6.07) is 0. The lowest BCUT2D eigenvalue weighted by atomic mass is 9.81. The molecule has 0 aromatic heterocycles. The fourth-order valence-corrected chi connectivity index (χ4v) is 4.74. The molecule has 0 saturated carbocycles. The van der Waals surface area contributed by atoms with E-state index < -0.39 is 108 Å². The smallest absolute Gasteiger partial charge is 0.460 e. The van der Waals surface area contributed by atoms with Crippen LogP contribution in [0.25, 0.3) is 0 Å². The van der Waals surface area contributed by atoms with Gasteiger partial charge in [0.1, 0.15) is 0 Å². The van der Waals surface area contributed by atoms with Gasteiger partial charge in [-0.2, -0.15) is 119 Å². The van der Waals surface area contributed by atoms with Crippen LogP contribution in [0.1, 0.15) is 77.6 Å². The summed E-state index contributed by atoms with van der Waals surface area (Å²) in [6.45, 7) is 1.83. The van der Waals surface area contributed by atoms with Crippen molar-refractivity contribution in [3.63, 3.8) is 0 Å². The van der Waals surface area contributed by atoms with Gasteiger partial charge >= 0.3 is 83.2 Å². The molecule has 1 unspecified atom stereocenters. The van der Waals surface area contributed by atoms with E-state index in [1.54, 1.807) is 0 Å². The molecule has 0 aliphatic heterocycles. The highest BCUT2D eigenvalue weighted by Gasteiger charge is 3.00. The first-order chi connectivity index (χ1) is 24.4. The first kappa shape index (κ1) is 53.6. The normalized spacial score (nSPS) is 16.4. The fourth-order valence-electron chi connectivity index (χ4n) is 4.74. The Bertz CT molecular complexity index is 1300. The lowest BCUT2D eigenvalue weighted by Crippen LogP contribution is -2.79. The van der Waals surface area contributed by atoms with Crippen LogP contribution in [-0.4, -0.2) is 88.3 Å². The maximum atomic E-state index is 14.8. The Balaban J connectivity index is 7.07. The molecule has 0 fully saturated rings. The van der Waals surface area contributed by atoms with Gasteiger partial charge in [0.25, 0.3) is 0 Å². The Labute approximate surface area is 296 Å². The monoisotopic (exact) mass is 896 g/mol. The average molecular weight is 896 g/mol. The van der Waals surface area contributed by atoms with E-state index in [-0.39, 0.29) is 19.3 Å². The first-order valence-electron chi connectivity index (χ1n) is 15.2. The number of rotatable bonds is 24. The second-order valence-electron chi connectivity index (χ2n) is 12.4. The third-order valence-corrected chi connectivity index (χ3v) is 8.31. The highest BCUT2D eigenvalue weighted by molar-refractivity contribution is 5.67. The van der Waals surface area contributed by atoms with E-state index in [1.807, 2.05) is 6.92 Å². The minimum Gasteiger partial charge on any atom is -0.481 e. The van der Waals surface area contributed by atoms with Gasteiger partial charge in [-0.25, -0.2) is 0 Å². The second-order valence-corrected chi connectivity index (χ2v) is 12.4. The topological polar surface area (TPSA) is 37.3 Å². The third-order valence-electron chi connectivity index (χ3n) is 8.31. The molecule has 336 valence electrons. The van der Waals surface area contributed by atoms with Crippen molar-refractivity contribution >= 4 is 5.97 Å². The van der Waals surface area contributed by atoms with Gasteiger partial charge in [-0.1, -0.05) is 64.7 Å². The lowest BCUT2D eigenvalue weighted by Gasteiger charge is -2.46. The van der Waals surface area contributed by atoms with Crippen molar-refractivity contribution in [2.45, 2.75) is 155 Å². The molecule has 2 nitrogen and oxygen atoms in total. The van der Waals surface area contributed by atoms with Gasteiger partial charge in [-0.05, 0) is 6.42 Å². The molecule has 56 heavy (non-hydrogen) atoms. The lowest BCUT2D eigenvalue weighted by molar-refractivity contribution is -0.485. The SMILES string of the molecule is CCCCCCCCCCCC(CC(=O)O)C(F)(F)C(F)(F)C(F)(F)C(F)(F)C(F)(F)C(F)(F)C(F)(F)C(F)(F)C(F)(F)C(F)(F)C(F)(F)C(F)(F)C(F)(F)F. The van der Waals surface area contributed by atoms with Crippen LogP contribution >= 0.6 is 0 Å². The van der Waals surface area contributed by atoms with Crippen LogP contribution in [0.15, 0.2) is 0 Å². The zero-order valence-corrected chi connectivity index (χ0v) is 27.4. The van der Waals surface area contributed by atoms with Crippen LogP contribution < -0.4 is 0 Å². The van der Waals surface area contributed by atoms with Crippen LogP contribution in [0.2, 0.25) is 0 Å². The second kappa shape index (κ2) is 16.3. The maximum absolute atomic E-state index is 14.8. The van der Waals surface area contributed by atoms with E-state index in [0.29, 0.717) is 12.8 Å². The largest absolute Gasteiger partial charge is 0.481 e. The average Bonchev–Trinajstić information content (AvgIpc) is 3.01. The highest BCUT2D eigenvalue weighted by atomic mass is 19.4. The predicted octanol–water partition coefficient (Wildman–Crippen LogP) is 13.2. The molecule has 0 aliphatic carbocycles. The zero-order valence-electron chi connectivity index (χ0n) is 27.4. The quantitative estimate of drug-likeness (QED) is 0.0774. The molecular formula is C27H27F27O2. The predicted molar refractivity (Wildman–Crippen MR) is 133 cm³/mol. The molecule has 0 amide bonds. The Morgan fingerprint density at radius 1 is 0.375 bits per heavy atom. The molecule has 0 saturated heterocycles. The summed E-state index contributed by atoms with van der Waals surface area (Å²) in [5.41, 5.74) is 0. The number of carboxylic acids is 1. The van der Waals surface area contributed by atoms with E-state index in [0.717, 1.165) is 19.3 Å². The van der Waals surface area contributed by atoms with Crippen LogP contribution in [0.3, 0.4) is 0 Å². The van der Waals surface area contributed by atoms with Gasteiger partial charge < -0.3 is 5.11 Å². The van der Waals surface area contributed by atoms with E-state index in [9.17, 15) is 123 Å². The van der Waals surface area contributed by atoms with Gasteiger partial charge in [0.15, 0.2) is 0 Å². The van der Waals surface area contributed by atoms with Crippen LogP contribution in [0, 0.1) is 5.92 Å². The molecule has 29 heteroatoms. The van der Waals surface area contributed by atoms with Crippen molar-refractivity contribution in [2.24, 2.45) is 5.92 Å². The number of carboxylic acid groups (broad SMARTS) is 1. The number of aliphatic carboxylic acids is 1. The number of alkyl halides is 27. The van der Waals surface area contributed by atoms with Crippen LogP contribution in [0.4, 0.5) is 119 Å². The summed E-state index contributed by atoms with van der Waals surface area (Å²) in [7, 11) is 0. The summed E-state index contributed by atoms with van der Waals surface area (Å²) in [5, 5.41) is 8.73. The van der Waals surface area contributed by atoms with Crippen LogP contribution in [-0.2, 0) is 4.79 Å². The van der Waals surface area contributed by atoms with Gasteiger partial charge in [0.05, 0.1) is 6.42 Å². The Morgan fingerprint density at radius 2 is 0.607 bits per heavy atom. The summed E-state index contributed by atoms with van der Waals surface area (Å²) in [6.07, 6.45) is -9.96. The Kier molecular flexibility index (Phi) is 15.6. The summed E-state index contributed by atoms with van der Waals surface area (Å²) in [4.78, 5) is 11.0. The van der Waals surface area contributed by atoms with Crippen molar-refractivity contribution in [1.29, 1.82) is 0 Å². The van der Waals surface area contributed by atoms with Gasteiger partial charge in [0.2, 0.25) is 0 Å². The van der Waals surface area contributed by atoms with E-state index in [1.165, 1.54) is 0 Å². The Morgan fingerprint density at radius 3 is 0.857 bits per heavy atom. The van der Waals surface area contributed by atoms with Gasteiger partial charge in [0, 0.05) is 5.92 Å². The molecule has 0 rings (SSSR count). The standard InChI is InChI=1S/C27H27F27O2/c1-2-3-4-5-6-7-8-9-10-11-13(12-14(55)56)15(28,29)16(30,31)17(32,33)18(34,35)19(36,37)20(38,39)21(40,41)22(42,43)23(44,45)24(46,47)25(48,49)26(50,51)27(52,53)54/h13H,2-12H2,1H3,(H,55,56). The Hall–Kier alpha value is -2.42. The molecule has 1 atom stereocenters. The number of halogens is 27. The molecular weight excluding hydrogens is 869 g/mol. The van der Waals surface area contributed by atoms with Crippen molar-refractivity contribution in [1.82, 2.24) is 0 Å². The molecule has 0 bridgehead atoms. The fraction of sp³-hybridized carbons (Fsp3) is 0.963. The first-order valence-corrected chi connectivity index (χ1v) is 15.2. The highest BCUT2D eigenvalue weighted by Crippen LogP contribution is 2.68. The minimum atomic E-state index is -9.83. The summed E-state index contributed by atoms with van der Waals surface area (Å²) in [5.74, 6) is -117. The molecule has 0 aliphatic rings. The van der Waals surface area contributed by atoms with Gasteiger partial charge in [-0.15, -0.1) is 0 Å². The number of hydrogen-bond acceptors (Lipinski definition) is 1. The van der Waals surface area contributed by atoms with Gasteiger partial charge in [-0.3, -0.25) is 4.79 Å². The van der Waals surface area contributed by atoms with Crippen molar-refractivity contribution < 1.29 is 128 Å². The van der Waals surface area contributed by atoms with E-state index in [2.05, 4.69) is 0 Å². The summed E-state index contributed by atoms with van der Waals surface area (Å²) >= 11 is 0. The minimum absolute atomic E-state index is 0.0235. The van der Waals surface area contributed by atoms with E-state index in [4.69, 9.17) is 5.11 Å².